The van der Waals surface area contributed by atoms with E-state index in [0.717, 1.165) is 16.0 Å². The van der Waals surface area contributed by atoms with Gasteiger partial charge in [-0.2, -0.15) is 0 Å². The van der Waals surface area contributed by atoms with Gasteiger partial charge in [-0.15, -0.1) is 0 Å². The van der Waals surface area contributed by atoms with Gasteiger partial charge in [0.25, 0.3) is 5.91 Å². The Morgan fingerprint density at radius 3 is 2.95 bits per heavy atom. The van der Waals surface area contributed by atoms with Crippen LogP contribution >= 0.6 is 22.9 Å². The number of carbonyl (C=O) groups is 1. The molecule has 1 aromatic carbocycles. The number of methoxy groups -OCH3 is 1. The summed E-state index contributed by atoms with van der Waals surface area (Å²) in [4.78, 5) is 16.2. The third-order valence-electron chi connectivity index (χ3n) is 2.61. The Morgan fingerprint density at radius 2 is 2.25 bits per heavy atom. The van der Waals surface area contributed by atoms with Crippen LogP contribution in [0.3, 0.4) is 0 Å². The second kappa shape index (κ2) is 5.15. The van der Waals surface area contributed by atoms with E-state index in [0.29, 0.717) is 5.13 Å². The molecule has 0 spiro atoms. The smallest absolute Gasteiger partial charge is 0.293 e. The molecule has 20 heavy (non-hydrogen) atoms. The molecule has 0 radical (unpaired) electrons. The van der Waals surface area contributed by atoms with Gasteiger partial charge in [0.2, 0.25) is 0 Å². The van der Waals surface area contributed by atoms with Crippen LogP contribution in [0.15, 0.2) is 34.7 Å². The largest absolute Gasteiger partial charge is 0.497 e. The van der Waals surface area contributed by atoms with E-state index in [2.05, 4.69) is 10.3 Å². The van der Waals surface area contributed by atoms with Crippen LogP contribution in [0.5, 0.6) is 5.75 Å². The van der Waals surface area contributed by atoms with Gasteiger partial charge in [0.15, 0.2) is 16.1 Å². The minimum absolute atomic E-state index is 0.145. The minimum Gasteiger partial charge on any atom is -0.497 e. The number of ether oxygens (including phenoxy) is 1. The highest BCUT2D eigenvalue weighted by atomic mass is 35.5. The number of fused-ring (bicyclic) bond motifs is 1. The number of furan rings is 1. The molecule has 7 heteroatoms. The van der Waals surface area contributed by atoms with Gasteiger partial charge < -0.3 is 9.15 Å². The number of nitrogens with zero attached hydrogens (tertiary/aromatic N) is 1. The van der Waals surface area contributed by atoms with Gasteiger partial charge in [-0.25, -0.2) is 4.98 Å². The summed E-state index contributed by atoms with van der Waals surface area (Å²) in [6.07, 6.45) is 0. The number of rotatable bonds is 3. The highest BCUT2D eigenvalue weighted by molar-refractivity contribution is 7.22. The molecule has 0 saturated heterocycles. The average Bonchev–Trinajstić information content (AvgIpc) is 3.03. The second-order valence-corrected chi connectivity index (χ2v) is 5.31. The summed E-state index contributed by atoms with van der Waals surface area (Å²) < 4.78 is 11.1. The van der Waals surface area contributed by atoms with Crippen molar-refractivity contribution in [2.24, 2.45) is 0 Å². The lowest BCUT2D eigenvalue weighted by atomic mass is 10.3. The zero-order valence-corrected chi connectivity index (χ0v) is 11.9. The van der Waals surface area contributed by atoms with Gasteiger partial charge >= 0.3 is 0 Å². The number of benzene rings is 1. The monoisotopic (exact) mass is 308 g/mol. The van der Waals surface area contributed by atoms with Crippen LogP contribution in [-0.4, -0.2) is 18.0 Å². The van der Waals surface area contributed by atoms with Crippen LogP contribution < -0.4 is 10.1 Å². The number of hydrogen-bond donors (Lipinski definition) is 1. The third kappa shape index (κ3) is 2.48. The molecule has 0 aliphatic heterocycles. The number of amides is 1. The average molecular weight is 309 g/mol. The topological polar surface area (TPSA) is 64.4 Å². The number of halogens is 1. The van der Waals surface area contributed by atoms with Gasteiger partial charge in [-0.3, -0.25) is 10.1 Å². The maximum Gasteiger partial charge on any atom is 0.293 e. The summed E-state index contributed by atoms with van der Waals surface area (Å²) >= 11 is 6.99. The summed E-state index contributed by atoms with van der Waals surface area (Å²) in [7, 11) is 1.60. The summed E-state index contributed by atoms with van der Waals surface area (Å²) in [5.41, 5.74) is 0.795. The lowest BCUT2D eigenvalue weighted by molar-refractivity contribution is 0.0997. The van der Waals surface area contributed by atoms with Gasteiger partial charge in [0.05, 0.1) is 17.3 Å². The van der Waals surface area contributed by atoms with E-state index < -0.39 is 0 Å². The van der Waals surface area contributed by atoms with E-state index >= 15 is 0 Å². The maximum atomic E-state index is 11.9. The molecule has 0 saturated carbocycles. The number of anilines is 1. The van der Waals surface area contributed by atoms with Gasteiger partial charge in [-0.1, -0.05) is 11.3 Å². The van der Waals surface area contributed by atoms with E-state index in [1.54, 1.807) is 7.11 Å². The Kier molecular flexibility index (Phi) is 3.33. The highest BCUT2D eigenvalue weighted by Gasteiger charge is 2.13. The first-order valence-electron chi connectivity index (χ1n) is 5.67. The molecule has 2 heterocycles. The molecule has 102 valence electrons. The molecule has 0 aliphatic rings. The zero-order valence-electron chi connectivity index (χ0n) is 10.3. The van der Waals surface area contributed by atoms with E-state index in [-0.39, 0.29) is 16.9 Å². The number of thiazole rings is 1. The summed E-state index contributed by atoms with van der Waals surface area (Å²) in [5.74, 6) is 0.506. The Balaban J connectivity index is 1.85. The van der Waals surface area contributed by atoms with Crippen LogP contribution in [0.2, 0.25) is 5.22 Å². The molecule has 0 aliphatic carbocycles. The van der Waals surface area contributed by atoms with Crippen molar-refractivity contribution in [3.8, 4) is 5.75 Å². The van der Waals surface area contributed by atoms with Gasteiger partial charge in [0, 0.05) is 0 Å². The van der Waals surface area contributed by atoms with Crippen molar-refractivity contribution in [3.63, 3.8) is 0 Å². The molecule has 0 unspecified atom stereocenters. The normalized spacial score (nSPS) is 10.7. The molecule has 3 rings (SSSR count). The van der Waals surface area contributed by atoms with Crippen molar-refractivity contribution in [1.82, 2.24) is 4.98 Å². The van der Waals surface area contributed by atoms with Crippen molar-refractivity contribution < 1.29 is 13.9 Å². The van der Waals surface area contributed by atoms with Crippen LogP contribution in [0.1, 0.15) is 10.6 Å². The summed E-state index contributed by atoms with van der Waals surface area (Å²) in [6.45, 7) is 0. The Bertz CT molecular complexity index is 781. The quantitative estimate of drug-likeness (QED) is 0.799. The molecule has 2 aromatic heterocycles. The molecular weight excluding hydrogens is 300 g/mol. The van der Waals surface area contributed by atoms with Crippen LogP contribution in [-0.2, 0) is 0 Å². The minimum atomic E-state index is -0.386. The summed E-state index contributed by atoms with van der Waals surface area (Å²) in [5, 5.41) is 3.34. The predicted octanol–water partition coefficient (Wildman–Crippen LogP) is 3.80. The van der Waals surface area contributed by atoms with Gasteiger partial charge in [-0.05, 0) is 41.9 Å². The third-order valence-corrected chi connectivity index (χ3v) is 3.75. The number of hydrogen-bond acceptors (Lipinski definition) is 5. The lowest BCUT2D eigenvalue weighted by Gasteiger charge is -1.96. The summed E-state index contributed by atoms with van der Waals surface area (Å²) in [6, 6.07) is 8.55. The number of aromatic nitrogens is 1. The van der Waals surface area contributed by atoms with Crippen molar-refractivity contribution >= 4 is 44.2 Å². The van der Waals surface area contributed by atoms with Crippen LogP contribution in [0.4, 0.5) is 5.13 Å². The Labute approximate surface area is 123 Å². The SMILES string of the molecule is COc1ccc2nc(NC(=O)c3ccc(Cl)o3)sc2c1. The van der Waals surface area contributed by atoms with E-state index in [4.69, 9.17) is 20.8 Å². The second-order valence-electron chi connectivity index (χ2n) is 3.91. The fourth-order valence-corrected chi connectivity index (χ4v) is 2.72. The molecule has 0 fully saturated rings. The van der Waals surface area contributed by atoms with Crippen molar-refractivity contribution in [1.29, 1.82) is 0 Å². The van der Waals surface area contributed by atoms with E-state index in [1.807, 2.05) is 18.2 Å². The standard InChI is InChI=1S/C13H9ClN2O3S/c1-18-7-2-3-8-10(6-7)20-13(15-8)16-12(17)9-4-5-11(14)19-9/h2-6H,1H3,(H,15,16,17). The van der Waals surface area contributed by atoms with Crippen molar-refractivity contribution in [3.05, 3.63) is 41.3 Å². The molecule has 1 N–H and O–H groups in total. The van der Waals surface area contributed by atoms with Crippen molar-refractivity contribution in [2.45, 2.75) is 0 Å². The molecular formula is C13H9ClN2O3S. The molecule has 0 atom stereocenters. The first-order chi connectivity index (χ1) is 9.65. The first kappa shape index (κ1) is 13.0. The maximum absolute atomic E-state index is 11.9. The number of carbonyl (C=O) groups excluding carboxylic acids is 1. The molecule has 5 nitrogen and oxygen atoms in total. The van der Waals surface area contributed by atoms with E-state index in [1.165, 1.54) is 23.5 Å². The lowest BCUT2D eigenvalue weighted by Crippen LogP contribution is -2.10. The highest BCUT2D eigenvalue weighted by Crippen LogP contribution is 2.29. The fraction of sp³-hybridized carbons (Fsp3) is 0.0769. The molecule has 3 aromatic rings. The fourth-order valence-electron chi connectivity index (χ4n) is 1.68. The molecule has 0 bridgehead atoms. The Hall–Kier alpha value is -2.05. The predicted molar refractivity (Wildman–Crippen MR) is 77.8 cm³/mol. The van der Waals surface area contributed by atoms with Crippen LogP contribution in [0.25, 0.3) is 10.2 Å². The number of nitrogens with one attached hydrogen (secondary N) is 1. The van der Waals surface area contributed by atoms with E-state index in [9.17, 15) is 4.79 Å². The Morgan fingerprint density at radius 1 is 1.40 bits per heavy atom. The first-order valence-corrected chi connectivity index (χ1v) is 6.86. The zero-order chi connectivity index (χ0) is 14.1. The molecule has 1 amide bonds. The van der Waals surface area contributed by atoms with Crippen molar-refractivity contribution in [2.75, 3.05) is 12.4 Å². The van der Waals surface area contributed by atoms with Crippen LogP contribution in [0, 0.1) is 0 Å². The van der Waals surface area contributed by atoms with Gasteiger partial charge in [0.1, 0.15) is 5.75 Å².